The van der Waals surface area contributed by atoms with Crippen LogP contribution in [0.1, 0.15) is 6.92 Å². The molecule has 1 fully saturated rings. The van der Waals surface area contributed by atoms with Crippen LogP contribution in [-0.2, 0) is 0 Å². The quantitative estimate of drug-likeness (QED) is 0.713. The van der Waals surface area contributed by atoms with Crippen LogP contribution >= 0.6 is 0 Å². The second-order valence-corrected chi connectivity index (χ2v) is 4.10. The van der Waals surface area contributed by atoms with E-state index in [2.05, 4.69) is 37.1 Å². The number of anilines is 1. The van der Waals surface area contributed by atoms with Crippen LogP contribution in [0.25, 0.3) is 11.2 Å². The molecule has 0 amide bonds. The number of imidazole rings is 1. The zero-order valence-corrected chi connectivity index (χ0v) is 9.14. The molecule has 3 rings (SSSR count). The largest absolute Gasteiger partial charge is 0.352 e. The number of H-pyrrole nitrogens is 1. The molecule has 0 spiro atoms. The standard InChI is InChI=1S/C10H14N6/c1-7-4-16(3-2-11-7)10-8-9(13-5-12-8)14-6-15-10/h5-7,11H,2-4H2,1H3,(H,12,13,14,15)/t7-/m0/s1. The highest BCUT2D eigenvalue weighted by Gasteiger charge is 2.19. The third-order valence-corrected chi connectivity index (χ3v) is 2.87. The Balaban J connectivity index is 2.01. The predicted octanol–water partition coefficient (Wildman–Crippen LogP) is 0.151. The van der Waals surface area contributed by atoms with Crippen LogP contribution in [-0.4, -0.2) is 45.6 Å². The molecule has 84 valence electrons. The van der Waals surface area contributed by atoms with E-state index in [1.165, 1.54) is 0 Å². The third-order valence-electron chi connectivity index (χ3n) is 2.87. The first-order valence-corrected chi connectivity index (χ1v) is 5.47. The van der Waals surface area contributed by atoms with Crippen LogP contribution < -0.4 is 10.2 Å². The highest BCUT2D eigenvalue weighted by Crippen LogP contribution is 2.20. The first kappa shape index (κ1) is 9.53. The maximum absolute atomic E-state index is 4.35. The summed E-state index contributed by atoms with van der Waals surface area (Å²) in [6, 6.07) is 0.488. The topological polar surface area (TPSA) is 69.7 Å². The van der Waals surface area contributed by atoms with E-state index in [1.807, 2.05) is 0 Å². The molecular formula is C10H14N6. The van der Waals surface area contributed by atoms with E-state index >= 15 is 0 Å². The van der Waals surface area contributed by atoms with Gasteiger partial charge in [0, 0.05) is 25.7 Å². The van der Waals surface area contributed by atoms with Gasteiger partial charge in [0.2, 0.25) is 0 Å². The molecule has 2 aromatic rings. The van der Waals surface area contributed by atoms with Crippen LogP contribution in [0, 0.1) is 0 Å². The number of piperazine rings is 1. The monoisotopic (exact) mass is 218 g/mol. The summed E-state index contributed by atoms with van der Waals surface area (Å²) >= 11 is 0. The minimum atomic E-state index is 0.488. The molecule has 6 heteroatoms. The smallest absolute Gasteiger partial charge is 0.182 e. The van der Waals surface area contributed by atoms with Crippen molar-refractivity contribution in [2.24, 2.45) is 0 Å². The van der Waals surface area contributed by atoms with Crippen molar-refractivity contribution in [1.29, 1.82) is 0 Å². The molecule has 1 aliphatic heterocycles. The molecule has 1 saturated heterocycles. The molecule has 2 N–H and O–H groups in total. The number of aromatic nitrogens is 4. The number of hydrogen-bond donors (Lipinski definition) is 2. The minimum absolute atomic E-state index is 0.488. The molecule has 0 unspecified atom stereocenters. The number of rotatable bonds is 1. The molecule has 0 aliphatic carbocycles. The molecule has 0 radical (unpaired) electrons. The highest BCUT2D eigenvalue weighted by atomic mass is 15.3. The van der Waals surface area contributed by atoms with Crippen LogP contribution in [0.4, 0.5) is 5.82 Å². The summed E-state index contributed by atoms with van der Waals surface area (Å²) in [5, 5.41) is 3.41. The summed E-state index contributed by atoms with van der Waals surface area (Å²) in [6.45, 7) is 5.10. The van der Waals surface area contributed by atoms with E-state index in [4.69, 9.17) is 0 Å². The lowest BCUT2D eigenvalue weighted by Crippen LogP contribution is -2.49. The Morgan fingerprint density at radius 3 is 3.19 bits per heavy atom. The van der Waals surface area contributed by atoms with Gasteiger partial charge in [0.25, 0.3) is 0 Å². The van der Waals surface area contributed by atoms with Crippen molar-refractivity contribution in [3.8, 4) is 0 Å². The molecule has 1 atom stereocenters. The molecule has 1 aliphatic rings. The fourth-order valence-electron chi connectivity index (χ4n) is 2.12. The fourth-order valence-corrected chi connectivity index (χ4v) is 2.12. The Morgan fingerprint density at radius 2 is 2.31 bits per heavy atom. The van der Waals surface area contributed by atoms with Crippen LogP contribution in [0.3, 0.4) is 0 Å². The Hall–Kier alpha value is -1.69. The van der Waals surface area contributed by atoms with Crippen molar-refractivity contribution < 1.29 is 0 Å². The Labute approximate surface area is 93.1 Å². The number of aromatic amines is 1. The van der Waals surface area contributed by atoms with Crippen molar-refractivity contribution >= 4 is 17.0 Å². The van der Waals surface area contributed by atoms with Gasteiger partial charge >= 0.3 is 0 Å². The molecular weight excluding hydrogens is 204 g/mol. The lowest BCUT2D eigenvalue weighted by molar-refractivity contribution is 0.483. The van der Waals surface area contributed by atoms with Gasteiger partial charge in [-0.15, -0.1) is 0 Å². The molecule has 2 aromatic heterocycles. The summed E-state index contributed by atoms with van der Waals surface area (Å²) in [6.07, 6.45) is 3.24. The van der Waals surface area contributed by atoms with Gasteiger partial charge in [-0.3, -0.25) is 0 Å². The van der Waals surface area contributed by atoms with Gasteiger partial charge < -0.3 is 15.2 Å². The van der Waals surface area contributed by atoms with Crippen molar-refractivity contribution in [3.63, 3.8) is 0 Å². The van der Waals surface area contributed by atoms with Crippen LogP contribution in [0.5, 0.6) is 0 Å². The van der Waals surface area contributed by atoms with Gasteiger partial charge in [-0.05, 0) is 6.92 Å². The van der Waals surface area contributed by atoms with E-state index in [-0.39, 0.29) is 0 Å². The summed E-state index contributed by atoms with van der Waals surface area (Å²) in [4.78, 5) is 18.0. The van der Waals surface area contributed by atoms with Crippen molar-refractivity contribution in [3.05, 3.63) is 12.7 Å². The van der Waals surface area contributed by atoms with E-state index in [1.54, 1.807) is 12.7 Å². The first-order valence-electron chi connectivity index (χ1n) is 5.47. The van der Waals surface area contributed by atoms with Gasteiger partial charge in [-0.25, -0.2) is 15.0 Å². The Morgan fingerprint density at radius 1 is 1.38 bits per heavy atom. The van der Waals surface area contributed by atoms with Crippen molar-refractivity contribution in [2.45, 2.75) is 13.0 Å². The molecule has 3 heterocycles. The van der Waals surface area contributed by atoms with Crippen LogP contribution in [0.15, 0.2) is 12.7 Å². The van der Waals surface area contributed by atoms with Crippen molar-refractivity contribution in [2.75, 3.05) is 24.5 Å². The predicted molar refractivity (Wildman–Crippen MR) is 61.4 cm³/mol. The summed E-state index contributed by atoms with van der Waals surface area (Å²) in [5.74, 6) is 0.954. The molecule has 0 aromatic carbocycles. The SMILES string of the molecule is C[C@H]1CN(c2ncnc3nc[nH]c23)CCN1. The van der Waals surface area contributed by atoms with Gasteiger partial charge in [0.15, 0.2) is 11.5 Å². The zero-order valence-electron chi connectivity index (χ0n) is 9.14. The maximum Gasteiger partial charge on any atom is 0.182 e. The molecule has 0 bridgehead atoms. The van der Waals surface area contributed by atoms with E-state index < -0.39 is 0 Å². The molecule has 16 heavy (non-hydrogen) atoms. The summed E-state index contributed by atoms with van der Waals surface area (Å²) < 4.78 is 0. The Kier molecular flexibility index (Phi) is 2.21. The highest BCUT2D eigenvalue weighted by molar-refractivity contribution is 5.82. The molecule has 6 nitrogen and oxygen atoms in total. The molecule has 0 saturated carbocycles. The van der Waals surface area contributed by atoms with E-state index in [9.17, 15) is 0 Å². The summed E-state index contributed by atoms with van der Waals surface area (Å²) in [5.41, 5.74) is 1.66. The third kappa shape index (κ3) is 1.51. The van der Waals surface area contributed by atoms with Gasteiger partial charge in [0.05, 0.1) is 6.33 Å². The number of hydrogen-bond acceptors (Lipinski definition) is 5. The van der Waals surface area contributed by atoms with Crippen LogP contribution in [0.2, 0.25) is 0 Å². The van der Waals surface area contributed by atoms with Gasteiger partial charge in [-0.2, -0.15) is 0 Å². The van der Waals surface area contributed by atoms with E-state index in [0.29, 0.717) is 6.04 Å². The summed E-state index contributed by atoms with van der Waals surface area (Å²) in [7, 11) is 0. The average Bonchev–Trinajstić information content (AvgIpc) is 2.76. The number of nitrogens with one attached hydrogen (secondary N) is 2. The normalized spacial score (nSPS) is 21.6. The van der Waals surface area contributed by atoms with E-state index in [0.717, 1.165) is 36.6 Å². The lowest BCUT2D eigenvalue weighted by atomic mass is 10.2. The fraction of sp³-hybridized carbons (Fsp3) is 0.500. The maximum atomic E-state index is 4.35. The van der Waals surface area contributed by atoms with Gasteiger partial charge in [-0.1, -0.05) is 0 Å². The Bertz CT molecular complexity index is 493. The zero-order chi connectivity index (χ0) is 11.0. The lowest BCUT2D eigenvalue weighted by Gasteiger charge is -2.32. The van der Waals surface area contributed by atoms with Gasteiger partial charge in [0.1, 0.15) is 11.8 Å². The average molecular weight is 218 g/mol. The number of nitrogens with zero attached hydrogens (tertiary/aromatic N) is 4. The minimum Gasteiger partial charge on any atom is -0.352 e. The second-order valence-electron chi connectivity index (χ2n) is 4.10. The second kappa shape index (κ2) is 3.71. The van der Waals surface area contributed by atoms with Crippen molar-refractivity contribution in [1.82, 2.24) is 25.3 Å². The first-order chi connectivity index (χ1) is 7.84. The number of fused-ring (bicyclic) bond motifs is 1.